The van der Waals surface area contributed by atoms with E-state index in [1.54, 1.807) is 0 Å². The lowest BCUT2D eigenvalue weighted by molar-refractivity contribution is -0.141. The number of carboxylic acids is 1. The van der Waals surface area contributed by atoms with Gasteiger partial charge in [0, 0.05) is 6.07 Å². The van der Waals surface area contributed by atoms with Gasteiger partial charge < -0.3 is 9.52 Å². The molecule has 0 aliphatic heterocycles. The smallest absolute Gasteiger partial charge is 0.437 e. The summed E-state index contributed by atoms with van der Waals surface area (Å²) in [4.78, 5) is 13.6. The molecule has 2 rings (SSSR count). The van der Waals surface area contributed by atoms with Crippen molar-refractivity contribution in [2.24, 2.45) is 0 Å². The SMILES string of the molecule is O=C(O)c1oc(-c2ccc(F)cc2F)nc1C(F)(F)F. The fraction of sp³-hybridized carbons (Fsp3) is 0.0909. The van der Waals surface area contributed by atoms with E-state index in [0.29, 0.717) is 6.07 Å². The third kappa shape index (κ3) is 2.46. The Morgan fingerprint density at radius 3 is 2.35 bits per heavy atom. The summed E-state index contributed by atoms with van der Waals surface area (Å²) < 4.78 is 68.2. The summed E-state index contributed by atoms with van der Waals surface area (Å²) in [6, 6.07) is 1.98. The van der Waals surface area contributed by atoms with E-state index in [2.05, 4.69) is 9.40 Å². The fourth-order valence-corrected chi connectivity index (χ4v) is 1.44. The van der Waals surface area contributed by atoms with Gasteiger partial charge in [0.1, 0.15) is 11.6 Å². The molecular weight excluding hydrogens is 289 g/mol. The number of hydrogen-bond donors (Lipinski definition) is 1. The van der Waals surface area contributed by atoms with Crippen LogP contribution in [0.25, 0.3) is 11.5 Å². The molecule has 9 heteroatoms. The number of halogens is 5. The first-order chi connectivity index (χ1) is 9.20. The van der Waals surface area contributed by atoms with Crippen molar-refractivity contribution in [1.82, 2.24) is 4.98 Å². The Kier molecular flexibility index (Phi) is 3.20. The van der Waals surface area contributed by atoms with Gasteiger partial charge in [-0.25, -0.2) is 18.6 Å². The van der Waals surface area contributed by atoms with E-state index >= 15 is 0 Å². The predicted octanol–water partition coefficient (Wildman–Crippen LogP) is 3.34. The lowest BCUT2D eigenvalue weighted by atomic mass is 10.2. The molecule has 4 nitrogen and oxygen atoms in total. The lowest BCUT2D eigenvalue weighted by Gasteiger charge is -2.00. The van der Waals surface area contributed by atoms with Crippen LogP contribution in [0.3, 0.4) is 0 Å². The van der Waals surface area contributed by atoms with Crippen molar-refractivity contribution in [3.05, 3.63) is 41.3 Å². The minimum Gasteiger partial charge on any atom is -0.475 e. The fourth-order valence-electron chi connectivity index (χ4n) is 1.44. The van der Waals surface area contributed by atoms with Crippen molar-refractivity contribution in [3.63, 3.8) is 0 Å². The van der Waals surface area contributed by atoms with E-state index in [-0.39, 0.29) is 0 Å². The average molecular weight is 293 g/mol. The van der Waals surface area contributed by atoms with Gasteiger partial charge in [-0.1, -0.05) is 0 Å². The van der Waals surface area contributed by atoms with E-state index in [4.69, 9.17) is 5.11 Å². The molecule has 0 fully saturated rings. The summed E-state index contributed by atoms with van der Waals surface area (Å²) in [6.07, 6.45) is -5.08. The molecule has 0 amide bonds. The zero-order chi connectivity index (χ0) is 15.1. The van der Waals surface area contributed by atoms with E-state index in [9.17, 15) is 26.7 Å². The van der Waals surface area contributed by atoms with Crippen molar-refractivity contribution in [2.45, 2.75) is 6.18 Å². The standard InChI is InChI=1S/C11H4F5NO3/c12-4-1-2-5(6(13)3-4)9-17-8(11(14,15)16)7(20-9)10(18)19/h1-3H,(H,18,19). The first kappa shape index (κ1) is 14.0. The van der Waals surface area contributed by atoms with Crippen LogP contribution < -0.4 is 0 Å². The van der Waals surface area contributed by atoms with Crippen molar-refractivity contribution >= 4 is 5.97 Å². The van der Waals surface area contributed by atoms with E-state index in [0.717, 1.165) is 12.1 Å². The van der Waals surface area contributed by atoms with Crippen LogP contribution in [-0.2, 0) is 6.18 Å². The topological polar surface area (TPSA) is 63.3 Å². The molecular formula is C11H4F5NO3. The first-order valence-corrected chi connectivity index (χ1v) is 4.97. The molecule has 106 valence electrons. The molecule has 1 N–H and O–H groups in total. The highest BCUT2D eigenvalue weighted by Gasteiger charge is 2.41. The monoisotopic (exact) mass is 293 g/mol. The quantitative estimate of drug-likeness (QED) is 0.863. The normalized spacial score (nSPS) is 11.7. The van der Waals surface area contributed by atoms with E-state index < -0.39 is 46.7 Å². The molecule has 0 aliphatic carbocycles. The number of nitrogens with zero attached hydrogens (tertiary/aromatic N) is 1. The number of benzene rings is 1. The molecule has 0 aliphatic rings. The third-order valence-electron chi connectivity index (χ3n) is 2.25. The van der Waals surface area contributed by atoms with Gasteiger partial charge in [-0.2, -0.15) is 13.2 Å². The van der Waals surface area contributed by atoms with Gasteiger partial charge in [0.25, 0.3) is 0 Å². The Hall–Kier alpha value is -2.45. The minimum atomic E-state index is -5.08. The number of aromatic nitrogens is 1. The number of alkyl halides is 3. The molecule has 0 bridgehead atoms. The number of hydrogen-bond acceptors (Lipinski definition) is 3. The maximum absolute atomic E-state index is 13.4. The van der Waals surface area contributed by atoms with Crippen LogP contribution in [0.2, 0.25) is 0 Å². The Morgan fingerprint density at radius 1 is 1.25 bits per heavy atom. The van der Waals surface area contributed by atoms with Gasteiger partial charge in [-0.05, 0) is 12.1 Å². The van der Waals surface area contributed by atoms with Gasteiger partial charge >= 0.3 is 12.1 Å². The van der Waals surface area contributed by atoms with Crippen LogP contribution in [0.1, 0.15) is 16.2 Å². The molecule has 0 spiro atoms. The van der Waals surface area contributed by atoms with E-state index in [1.165, 1.54) is 0 Å². The summed E-state index contributed by atoms with van der Waals surface area (Å²) in [6.45, 7) is 0. The van der Waals surface area contributed by atoms with Gasteiger partial charge in [0.15, 0.2) is 5.69 Å². The summed E-state index contributed by atoms with van der Waals surface area (Å²) in [5.41, 5.74) is -2.37. The predicted molar refractivity (Wildman–Crippen MR) is 53.8 cm³/mol. The molecule has 1 aromatic heterocycles. The van der Waals surface area contributed by atoms with E-state index in [1.807, 2.05) is 0 Å². The molecule has 2 aromatic rings. The molecule has 0 unspecified atom stereocenters. The molecule has 0 radical (unpaired) electrons. The minimum absolute atomic E-state index is 0.410. The Balaban J connectivity index is 2.62. The van der Waals surface area contributed by atoms with Crippen molar-refractivity contribution in [2.75, 3.05) is 0 Å². The average Bonchev–Trinajstić information content (AvgIpc) is 2.73. The van der Waals surface area contributed by atoms with Crippen LogP contribution in [0, 0.1) is 11.6 Å². The number of oxazole rings is 1. The van der Waals surface area contributed by atoms with Crippen LogP contribution in [0.5, 0.6) is 0 Å². The number of aromatic carboxylic acids is 1. The molecule has 20 heavy (non-hydrogen) atoms. The van der Waals surface area contributed by atoms with Gasteiger partial charge in [0.05, 0.1) is 5.56 Å². The largest absolute Gasteiger partial charge is 0.475 e. The maximum Gasteiger partial charge on any atom is 0.437 e. The maximum atomic E-state index is 13.4. The Bertz CT molecular complexity index is 677. The van der Waals surface area contributed by atoms with Crippen molar-refractivity contribution in [1.29, 1.82) is 0 Å². The highest BCUT2D eigenvalue weighted by atomic mass is 19.4. The third-order valence-corrected chi connectivity index (χ3v) is 2.25. The first-order valence-electron chi connectivity index (χ1n) is 4.97. The lowest BCUT2D eigenvalue weighted by Crippen LogP contribution is -2.11. The Labute approximate surface area is 107 Å². The zero-order valence-corrected chi connectivity index (χ0v) is 9.33. The summed E-state index contributed by atoms with van der Waals surface area (Å²) in [5, 5.41) is 8.62. The second-order valence-electron chi connectivity index (χ2n) is 3.62. The summed E-state index contributed by atoms with van der Waals surface area (Å²) in [7, 11) is 0. The van der Waals surface area contributed by atoms with Crippen LogP contribution in [0.4, 0.5) is 22.0 Å². The van der Waals surface area contributed by atoms with Crippen LogP contribution in [0.15, 0.2) is 22.6 Å². The van der Waals surface area contributed by atoms with Crippen molar-refractivity contribution in [3.8, 4) is 11.5 Å². The molecule has 1 heterocycles. The highest BCUT2D eigenvalue weighted by molar-refractivity contribution is 5.86. The zero-order valence-electron chi connectivity index (χ0n) is 9.33. The molecule has 0 atom stereocenters. The highest BCUT2D eigenvalue weighted by Crippen LogP contribution is 2.35. The van der Waals surface area contributed by atoms with Crippen LogP contribution in [-0.4, -0.2) is 16.1 Å². The second-order valence-corrected chi connectivity index (χ2v) is 3.62. The number of carboxylic acid groups (broad SMARTS) is 1. The van der Waals surface area contributed by atoms with Gasteiger partial charge in [-0.3, -0.25) is 0 Å². The van der Waals surface area contributed by atoms with Gasteiger partial charge in [0.2, 0.25) is 11.7 Å². The van der Waals surface area contributed by atoms with Crippen molar-refractivity contribution < 1.29 is 36.3 Å². The summed E-state index contributed by atoms with van der Waals surface area (Å²) in [5.74, 6) is -6.54. The molecule has 1 aromatic carbocycles. The second kappa shape index (κ2) is 4.58. The number of rotatable bonds is 2. The Morgan fingerprint density at radius 2 is 1.90 bits per heavy atom. The molecule has 0 saturated heterocycles. The number of carbonyl (C=O) groups is 1. The molecule has 0 saturated carbocycles. The summed E-state index contributed by atoms with van der Waals surface area (Å²) >= 11 is 0. The van der Waals surface area contributed by atoms with Gasteiger partial charge in [-0.15, -0.1) is 0 Å². The van der Waals surface area contributed by atoms with Crippen LogP contribution >= 0.6 is 0 Å².